The lowest BCUT2D eigenvalue weighted by atomic mass is 10.3. The van der Waals surface area contributed by atoms with Gasteiger partial charge in [0.1, 0.15) is 0 Å². The van der Waals surface area contributed by atoms with Crippen molar-refractivity contribution in [1.82, 2.24) is 14.8 Å². The Morgan fingerprint density at radius 3 is 3.00 bits per heavy atom. The number of aryl methyl sites for hydroxylation is 1. The van der Waals surface area contributed by atoms with E-state index in [2.05, 4.69) is 17.0 Å². The number of rotatable bonds is 2. The van der Waals surface area contributed by atoms with Crippen LogP contribution in [-0.4, -0.2) is 14.8 Å². The highest BCUT2D eigenvalue weighted by atomic mass is 35.5. The van der Waals surface area contributed by atoms with Crippen LogP contribution in [0.3, 0.4) is 0 Å². The lowest BCUT2D eigenvalue weighted by molar-refractivity contribution is 0.810. The van der Waals surface area contributed by atoms with Crippen molar-refractivity contribution >= 4 is 11.6 Å². The van der Waals surface area contributed by atoms with Crippen molar-refractivity contribution in [3.63, 3.8) is 0 Å². The van der Waals surface area contributed by atoms with Crippen molar-refractivity contribution in [3.8, 4) is 5.69 Å². The minimum absolute atomic E-state index is 0.519. The number of hydrogen-bond donors (Lipinski definition) is 0. The van der Waals surface area contributed by atoms with E-state index in [9.17, 15) is 0 Å². The molecule has 2 heterocycles. The van der Waals surface area contributed by atoms with Gasteiger partial charge in [-0.15, -0.1) is 0 Å². The minimum atomic E-state index is 0.519. The molecule has 0 bridgehead atoms. The molecule has 0 saturated carbocycles. The normalized spacial score (nSPS) is 10.4. The Hall–Kier alpha value is -1.35. The van der Waals surface area contributed by atoms with Crippen LogP contribution in [0.1, 0.15) is 12.6 Å². The number of nitrogens with zero attached hydrogens (tertiary/aromatic N) is 3. The first-order chi connectivity index (χ1) is 6.81. The summed E-state index contributed by atoms with van der Waals surface area (Å²) in [6, 6.07) is 5.70. The van der Waals surface area contributed by atoms with Gasteiger partial charge in [0.2, 0.25) is 0 Å². The minimum Gasteiger partial charge on any atom is -0.262 e. The maximum absolute atomic E-state index is 5.84. The van der Waals surface area contributed by atoms with E-state index < -0.39 is 0 Å². The van der Waals surface area contributed by atoms with Gasteiger partial charge in [0.15, 0.2) is 5.15 Å². The van der Waals surface area contributed by atoms with Gasteiger partial charge in [0, 0.05) is 11.9 Å². The van der Waals surface area contributed by atoms with E-state index in [0.717, 1.165) is 17.8 Å². The van der Waals surface area contributed by atoms with Crippen LogP contribution in [0, 0.1) is 0 Å². The van der Waals surface area contributed by atoms with E-state index in [1.54, 1.807) is 12.4 Å². The van der Waals surface area contributed by atoms with Gasteiger partial charge in [-0.05, 0) is 24.6 Å². The van der Waals surface area contributed by atoms with Crippen LogP contribution in [0.2, 0.25) is 5.15 Å². The molecular weight excluding hydrogens is 198 g/mol. The van der Waals surface area contributed by atoms with E-state index in [1.807, 2.05) is 22.9 Å². The monoisotopic (exact) mass is 207 g/mol. The maximum atomic E-state index is 5.84. The highest BCUT2D eigenvalue weighted by Crippen LogP contribution is 2.15. The number of halogens is 1. The van der Waals surface area contributed by atoms with Crippen molar-refractivity contribution in [1.29, 1.82) is 0 Å². The summed E-state index contributed by atoms with van der Waals surface area (Å²) < 4.78 is 1.81. The van der Waals surface area contributed by atoms with Crippen LogP contribution >= 0.6 is 11.6 Å². The van der Waals surface area contributed by atoms with Gasteiger partial charge >= 0.3 is 0 Å². The van der Waals surface area contributed by atoms with Crippen molar-refractivity contribution in [2.75, 3.05) is 0 Å². The molecule has 2 aromatic rings. The molecule has 0 saturated heterocycles. The summed E-state index contributed by atoms with van der Waals surface area (Å²) in [5.41, 5.74) is 2.03. The smallest absolute Gasteiger partial charge is 0.151 e. The molecule has 3 nitrogen and oxygen atoms in total. The SMILES string of the molecule is CCc1cc(Cl)nn1-c1cccnc1. The Morgan fingerprint density at radius 2 is 2.36 bits per heavy atom. The maximum Gasteiger partial charge on any atom is 0.151 e. The molecule has 0 spiro atoms. The van der Waals surface area contributed by atoms with E-state index in [-0.39, 0.29) is 0 Å². The van der Waals surface area contributed by atoms with E-state index in [0.29, 0.717) is 5.15 Å². The van der Waals surface area contributed by atoms with Crippen molar-refractivity contribution in [3.05, 3.63) is 41.4 Å². The second kappa shape index (κ2) is 3.80. The largest absolute Gasteiger partial charge is 0.262 e. The summed E-state index contributed by atoms with van der Waals surface area (Å²) in [4.78, 5) is 4.04. The van der Waals surface area contributed by atoms with E-state index >= 15 is 0 Å². The lowest BCUT2D eigenvalue weighted by Crippen LogP contribution is -2.00. The van der Waals surface area contributed by atoms with Gasteiger partial charge in [-0.3, -0.25) is 4.98 Å². The molecule has 0 unspecified atom stereocenters. The first kappa shape index (κ1) is 9.21. The topological polar surface area (TPSA) is 30.7 Å². The molecule has 0 atom stereocenters. The number of pyridine rings is 1. The quantitative estimate of drug-likeness (QED) is 0.758. The first-order valence-electron chi connectivity index (χ1n) is 4.46. The van der Waals surface area contributed by atoms with Crippen LogP contribution in [0.5, 0.6) is 0 Å². The Balaban J connectivity index is 2.51. The van der Waals surface area contributed by atoms with Gasteiger partial charge in [0.05, 0.1) is 11.9 Å². The second-order valence-electron chi connectivity index (χ2n) is 2.93. The third-order valence-corrected chi connectivity index (χ3v) is 2.19. The predicted octanol–water partition coefficient (Wildman–Crippen LogP) is 2.48. The van der Waals surface area contributed by atoms with Gasteiger partial charge in [-0.2, -0.15) is 5.10 Å². The third kappa shape index (κ3) is 1.63. The fraction of sp³-hybridized carbons (Fsp3) is 0.200. The molecule has 2 aromatic heterocycles. The Bertz CT molecular complexity index is 422. The second-order valence-corrected chi connectivity index (χ2v) is 3.32. The number of aromatic nitrogens is 3. The van der Waals surface area contributed by atoms with Gasteiger partial charge in [0.25, 0.3) is 0 Å². The van der Waals surface area contributed by atoms with Gasteiger partial charge in [-0.25, -0.2) is 4.68 Å². The summed E-state index contributed by atoms with van der Waals surface area (Å²) in [6.07, 6.45) is 4.40. The lowest BCUT2D eigenvalue weighted by Gasteiger charge is -2.03. The van der Waals surface area contributed by atoms with E-state index in [4.69, 9.17) is 11.6 Å². The average Bonchev–Trinajstić information content (AvgIpc) is 2.61. The molecule has 0 N–H and O–H groups in total. The first-order valence-corrected chi connectivity index (χ1v) is 4.84. The summed E-state index contributed by atoms with van der Waals surface area (Å²) in [5.74, 6) is 0. The van der Waals surface area contributed by atoms with Crippen LogP contribution in [0.15, 0.2) is 30.6 Å². The zero-order valence-electron chi connectivity index (χ0n) is 7.81. The molecule has 0 aromatic carbocycles. The zero-order chi connectivity index (χ0) is 9.97. The molecule has 0 fully saturated rings. The van der Waals surface area contributed by atoms with Crippen LogP contribution < -0.4 is 0 Å². The molecule has 2 rings (SSSR count). The summed E-state index contributed by atoms with van der Waals surface area (Å²) >= 11 is 5.84. The van der Waals surface area contributed by atoms with Crippen molar-refractivity contribution in [2.45, 2.75) is 13.3 Å². The highest BCUT2D eigenvalue weighted by molar-refractivity contribution is 6.29. The molecule has 0 radical (unpaired) electrons. The van der Waals surface area contributed by atoms with Crippen molar-refractivity contribution in [2.24, 2.45) is 0 Å². The molecule has 0 amide bonds. The van der Waals surface area contributed by atoms with Gasteiger partial charge < -0.3 is 0 Å². The Morgan fingerprint density at radius 1 is 1.50 bits per heavy atom. The highest BCUT2D eigenvalue weighted by Gasteiger charge is 2.05. The van der Waals surface area contributed by atoms with E-state index in [1.165, 1.54) is 0 Å². The molecular formula is C10H10ClN3. The fourth-order valence-corrected chi connectivity index (χ4v) is 1.54. The van der Waals surface area contributed by atoms with Crippen LogP contribution in [0.4, 0.5) is 0 Å². The standard InChI is InChI=1S/C10H10ClN3/c1-2-8-6-10(11)13-14(8)9-4-3-5-12-7-9/h3-7H,2H2,1H3. The molecule has 0 aliphatic heterocycles. The third-order valence-electron chi connectivity index (χ3n) is 2.01. The molecule has 14 heavy (non-hydrogen) atoms. The fourth-order valence-electron chi connectivity index (χ4n) is 1.34. The molecule has 72 valence electrons. The predicted molar refractivity (Wildman–Crippen MR) is 55.7 cm³/mol. The van der Waals surface area contributed by atoms with Crippen LogP contribution in [0.25, 0.3) is 5.69 Å². The van der Waals surface area contributed by atoms with Gasteiger partial charge in [-0.1, -0.05) is 18.5 Å². The Labute approximate surface area is 87.3 Å². The summed E-state index contributed by atoms with van der Waals surface area (Å²) in [5, 5.41) is 4.71. The number of hydrogen-bond acceptors (Lipinski definition) is 2. The molecule has 4 heteroatoms. The Kier molecular flexibility index (Phi) is 2.50. The molecule has 0 aliphatic rings. The van der Waals surface area contributed by atoms with Crippen molar-refractivity contribution < 1.29 is 0 Å². The summed E-state index contributed by atoms with van der Waals surface area (Å²) in [7, 11) is 0. The average molecular weight is 208 g/mol. The molecule has 0 aliphatic carbocycles. The zero-order valence-corrected chi connectivity index (χ0v) is 8.57. The van der Waals surface area contributed by atoms with Crippen LogP contribution in [-0.2, 0) is 6.42 Å². The summed E-state index contributed by atoms with van der Waals surface area (Å²) in [6.45, 7) is 2.07.